The van der Waals surface area contributed by atoms with E-state index < -0.39 is 0 Å². The van der Waals surface area contributed by atoms with Gasteiger partial charge in [0.2, 0.25) is 5.91 Å². The highest BCUT2D eigenvalue weighted by atomic mass is 35.5. The first-order valence-corrected chi connectivity index (χ1v) is 8.06. The van der Waals surface area contributed by atoms with Crippen LogP contribution in [0.2, 0.25) is 5.02 Å². The van der Waals surface area contributed by atoms with E-state index in [9.17, 15) is 4.79 Å². The maximum Gasteiger partial charge on any atom is 0.222 e. The molecule has 0 aliphatic carbocycles. The van der Waals surface area contributed by atoms with E-state index in [0.29, 0.717) is 30.3 Å². The molecule has 1 saturated heterocycles. The van der Waals surface area contributed by atoms with E-state index in [2.05, 4.69) is 0 Å². The molecule has 0 radical (unpaired) electrons. The van der Waals surface area contributed by atoms with E-state index in [1.807, 2.05) is 23.1 Å². The highest BCUT2D eigenvalue weighted by Crippen LogP contribution is 2.26. The van der Waals surface area contributed by atoms with Gasteiger partial charge in [0.15, 0.2) is 0 Å². The lowest BCUT2D eigenvalue weighted by atomic mass is 10.3. The molecule has 2 rings (SSSR count). The molecule has 1 aromatic carbocycles. The van der Waals surface area contributed by atoms with Crippen molar-refractivity contribution in [1.29, 1.82) is 0 Å². The molecule has 6 heteroatoms. The van der Waals surface area contributed by atoms with Gasteiger partial charge in [-0.3, -0.25) is 4.79 Å². The summed E-state index contributed by atoms with van der Waals surface area (Å²) >= 11 is 7.66. The zero-order valence-corrected chi connectivity index (χ0v) is 12.9. The smallest absolute Gasteiger partial charge is 0.222 e. The Bertz CT molecular complexity index is 464. The third kappa shape index (κ3) is 4.58. The summed E-state index contributed by atoms with van der Waals surface area (Å²) in [7, 11) is 0. The highest BCUT2D eigenvalue weighted by molar-refractivity contribution is 7.99. The molecule has 0 bridgehead atoms. The minimum absolute atomic E-state index is 0.226. The first kappa shape index (κ1) is 15.5. The largest absolute Gasteiger partial charge is 0.398 e. The molecular formula is C14H19ClN2O2S. The average molecular weight is 315 g/mol. The third-order valence-corrected chi connectivity index (χ3v) is 4.55. The summed E-state index contributed by atoms with van der Waals surface area (Å²) in [4.78, 5) is 14.9. The van der Waals surface area contributed by atoms with E-state index >= 15 is 0 Å². The van der Waals surface area contributed by atoms with Gasteiger partial charge in [-0.2, -0.15) is 0 Å². The van der Waals surface area contributed by atoms with Crippen LogP contribution in [-0.2, 0) is 9.53 Å². The Morgan fingerprint density at radius 2 is 2.15 bits per heavy atom. The lowest BCUT2D eigenvalue weighted by Crippen LogP contribution is -2.40. The van der Waals surface area contributed by atoms with Crippen LogP contribution in [0.3, 0.4) is 0 Å². The molecule has 1 aromatic rings. The van der Waals surface area contributed by atoms with Gasteiger partial charge in [0.05, 0.1) is 23.9 Å². The molecule has 20 heavy (non-hydrogen) atoms. The molecule has 0 unspecified atom stereocenters. The van der Waals surface area contributed by atoms with Gasteiger partial charge < -0.3 is 15.4 Å². The Morgan fingerprint density at radius 1 is 1.40 bits per heavy atom. The Hall–Kier alpha value is -0.910. The summed E-state index contributed by atoms with van der Waals surface area (Å²) in [6, 6.07) is 5.63. The second-order valence-electron chi connectivity index (χ2n) is 4.63. The molecule has 1 heterocycles. The van der Waals surface area contributed by atoms with Crippen LogP contribution in [0.25, 0.3) is 0 Å². The quantitative estimate of drug-likeness (QED) is 0.516. The van der Waals surface area contributed by atoms with E-state index in [1.54, 1.807) is 11.8 Å². The van der Waals surface area contributed by atoms with E-state index in [0.717, 1.165) is 30.2 Å². The monoisotopic (exact) mass is 314 g/mol. The molecule has 1 fully saturated rings. The number of hydrogen-bond donors (Lipinski definition) is 1. The summed E-state index contributed by atoms with van der Waals surface area (Å²) in [6.45, 7) is 2.76. The van der Waals surface area contributed by atoms with E-state index in [1.165, 1.54) is 0 Å². The third-order valence-electron chi connectivity index (χ3n) is 3.14. The van der Waals surface area contributed by atoms with Gasteiger partial charge in [0.25, 0.3) is 0 Å². The van der Waals surface area contributed by atoms with Crippen LogP contribution in [0.15, 0.2) is 23.1 Å². The molecule has 1 aliphatic rings. The predicted molar refractivity (Wildman–Crippen MR) is 83.2 cm³/mol. The Labute approximate surface area is 128 Å². The average Bonchev–Trinajstić information content (AvgIpc) is 2.48. The van der Waals surface area contributed by atoms with Crippen molar-refractivity contribution in [1.82, 2.24) is 4.90 Å². The van der Waals surface area contributed by atoms with Crippen LogP contribution in [0.4, 0.5) is 5.69 Å². The highest BCUT2D eigenvalue weighted by Gasteiger charge is 2.15. The van der Waals surface area contributed by atoms with Crippen LogP contribution in [0.1, 0.15) is 12.8 Å². The van der Waals surface area contributed by atoms with Gasteiger partial charge in [0.1, 0.15) is 0 Å². The van der Waals surface area contributed by atoms with Crippen molar-refractivity contribution in [3.8, 4) is 0 Å². The summed E-state index contributed by atoms with van der Waals surface area (Å²) < 4.78 is 5.23. The van der Waals surface area contributed by atoms with Gasteiger partial charge in [-0.25, -0.2) is 0 Å². The fourth-order valence-corrected chi connectivity index (χ4v) is 3.12. The SMILES string of the molecule is Nc1ccc(SCCCC(=O)N2CCOCC2)cc1Cl. The topological polar surface area (TPSA) is 55.6 Å². The number of halogens is 1. The number of nitrogen functional groups attached to an aromatic ring is 1. The van der Waals surface area contributed by atoms with Crippen molar-refractivity contribution in [3.63, 3.8) is 0 Å². The Kier molecular flexibility index (Phi) is 6.01. The number of anilines is 1. The number of ether oxygens (including phenoxy) is 1. The molecule has 1 aliphatic heterocycles. The Morgan fingerprint density at radius 3 is 2.85 bits per heavy atom. The standard InChI is InChI=1S/C14H19ClN2O2S/c15-12-10-11(3-4-13(12)16)20-9-1-2-14(18)17-5-7-19-8-6-17/h3-4,10H,1-2,5-9,16H2. The molecular weight excluding hydrogens is 296 g/mol. The number of hydrogen-bond acceptors (Lipinski definition) is 4. The molecule has 2 N–H and O–H groups in total. The van der Waals surface area contributed by atoms with Crippen LogP contribution >= 0.6 is 23.4 Å². The predicted octanol–water partition coefficient (Wildman–Crippen LogP) is 2.65. The Balaban J connectivity index is 1.68. The van der Waals surface area contributed by atoms with E-state index in [-0.39, 0.29) is 5.91 Å². The zero-order chi connectivity index (χ0) is 14.4. The van der Waals surface area contributed by atoms with Gasteiger partial charge in [0, 0.05) is 24.4 Å². The number of nitrogens with zero attached hydrogens (tertiary/aromatic N) is 1. The maximum absolute atomic E-state index is 11.9. The number of nitrogens with two attached hydrogens (primary N) is 1. The van der Waals surface area contributed by atoms with Crippen LogP contribution in [-0.4, -0.2) is 42.9 Å². The zero-order valence-electron chi connectivity index (χ0n) is 11.3. The maximum atomic E-state index is 11.9. The fraction of sp³-hybridized carbons (Fsp3) is 0.500. The molecule has 0 spiro atoms. The normalized spacial score (nSPS) is 15.3. The second-order valence-corrected chi connectivity index (χ2v) is 6.20. The number of carbonyl (C=O) groups is 1. The number of carbonyl (C=O) groups excluding carboxylic acids is 1. The number of thioether (sulfide) groups is 1. The minimum atomic E-state index is 0.226. The number of morpholine rings is 1. The van der Waals surface area contributed by atoms with Gasteiger partial charge in [-0.15, -0.1) is 11.8 Å². The number of benzene rings is 1. The fourth-order valence-electron chi connectivity index (χ4n) is 1.98. The van der Waals surface area contributed by atoms with Gasteiger partial charge >= 0.3 is 0 Å². The molecule has 110 valence electrons. The number of rotatable bonds is 5. The van der Waals surface area contributed by atoms with Crippen molar-refractivity contribution >= 4 is 35.0 Å². The molecule has 4 nitrogen and oxygen atoms in total. The van der Waals surface area contributed by atoms with Crippen LogP contribution in [0.5, 0.6) is 0 Å². The first-order valence-electron chi connectivity index (χ1n) is 6.70. The van der Waals surface area contributed by atoms with Crippen molar-refractivity contribution in [2.24, 2.45) is 0 Å². The molecule has 0 atom stereocenters. The van der Waals surface area contributed by atoms with Crippen LogP contribution in [0, 0.1) is 0 Å². The molecule has 1 amide bonds. The van der Waals surface area contributed by atoms with Crippen molar-refractivity contribution in [2.45, 2.75) is 17.7 Å². The minimum Gasteiger partial charge on any atom is -0.398 e. The second kappa shape index (κ2) is 7.76. The summed E-state index contributed by atoms with van der Waals surface area (Å²) in [5.74, 6) is 1.13. The van der Waals surface area contributed by atoms with Gasteiger partial charge in [-0.05, 0) is 30.4 Å². The van der Waals surface area contributed by atoms with Crippen molar-refractivity contribution in [2.75, 3.05) is 37.8 Å². The number of amides is 1. The van der Waals surface area contributed by atoms with Gasteiger partial charge in [-0.1, -0.05) is 11.6 Å². The summed E-state index contributed by atoms with van der Waals surface area (Å²) in [5.41, 5.74) is 6.26. The van der Waals surface area contributed by atoms with Crippen molar-refractivity contribution in [3.05, 3.63) is 23.2 Å². The first-order chi connectivity index (χ1) is 9.66. The lowest BCUT2D eigenvalue weighted by Gasteiger charge is -2.26. The summed E-state index contributed by atoms with van der Waals surface area (Å²) in [6.07, 6.45) is 1.46. The van der Waals surface area contributed by atoms with Crippen LogP contribution < -0.4 is 5.73 Å². The molecule has 0 saturated carbocycles. The van der Waals surface area contributed by atoms with Crippen molar-refractivity contribution < 1.29 is 9.53 Å². The molecule has 0 aromatic heterocycles. The van der Waals surface area contributed by atoms with E-state index in [4.69, 9.17) is 22.1 Å². The lowest BCUT2D eigenvalue weighted by molar-refractivity contribution is -0.135. The summed E-state index contributed by atoms with van der Waals surface area (Å²) in [5, 5.41) is 0.583.